The van der Waals surface area contributed by atoms with Crippen LogP contribution in [0.2, 0.25) is 0 Å². The molecule has 0 aliphatic heterocycles. The minimum absolute atomic E-state index is 0.0454. The molecule has 9 nitrogen and oxygen atoms in total. The van der Waals surface area contributed by atoms with Crippen LogP contribution in [0.15, 0.2) is 29.4 Å². The van der Waals surface area contributed by atoms with E-state index in [2.05, 4.69) is 10.5 Å². The molecule has 0 spiro atoms. The summed E-state index contributed by atoms with van der Waals surface area (Å²) >= 11 is 0. The average Bonchev–Trinajstić information content (AvgIpc) is 3.08. The van der Waals surface area contributed by atoms with Gasteiger partial charge in [-0.05, 0) is 24.3 Å². The molecular weight excluding hydrogens is 362 g/mol. The summed E-state index contributed by atoms with van der Waals surface area (Å²) in [5.74, 6) is 0.766. The van der Waals surface area contributed by atoms with Gasteiger partial charge in [-0.1, -0.05) is 13.8 Å². The van der Waals surface area contributed by atoms with Crippen LogP contribution in [0.4, 0.5) is 0 Å². The minimum Gasteiger partial charge on any atom is -0.493 e. The molecule has 0 saturated heterocycles. The Balaban J connectivity index is 2.74. The van der Waals surface area contributed by atoms with Gasteiger partial charge in [-0.3, -0.25) is 10.2 Å². The van der Waals surface area contributed by atoms with Crippen LogP contribution in [0, 0.1) is 11.3 Å². The van der Waals surface area contributed by atoms with E-state index in [4.69, 9.17) is 25.4 Å². The Bertz CT molecular complexity index is 902. The predicted octanol–water partition coefficient (Wildman–Crippen LogP) is 2.16. The second-order valence-corrected chi connectivity index (χ2v) is 6.13. The maximum Gasteiger partial charge on any atom is 0.206 e. The van der Waals surface area contributed by atoms with Crippen LogP contribution < -0.4 is 25.4 Å². The number of nitrogens with two attached hydrogens (primary N) is 1. The summed E-state index contributed by atoms with van der Waals surface area (Å²) in [5.41, 5.74) is 9.25. The van der Waals surface area contributed by atoms with Crippen LogP contribution in [0.25, 0.3) is 5.69 Å². The molecule has 0 radical (unpaired) electrons. The van der Waals surface area contributed by atoms with Gasteiger partial charge in [-0.25, -0.2) is 5.43 Å². The highest BCUT2D eigenvalue weighted by atomic mass is 16.5. The molecule has 2 aromatic rings. The number of benzene rings is 1. The number of methoxy groups -OCH3 is 3. The first-order valence-corrected chi connectivity index (χ1v) is 8.54. The quantitative estimate of drug-likeness (QED) is 0.276. The summed E-state index contributed by atoms with van der Waals surface area (Å²) in [6.07, 6.45) is 1.47. The van der Waals surface area contributed by atoms with E-state index in [0.29, 0.717) is 34.3 Å². The van der Waals surface area contributed by atoms with E-state index in [9.17, 15) is 4.79 Å². The minimum atomic E-state index is -0.295. The average molecular weight is 387 g/mol. The van der Waals surface area contributed by atoms with Crippen LogP contribution in [0.3, 0.4) is 0 Å². The van der Waals surface area contributed by atoms with Crippen molar-refractivity contribution in [2.24, 2.45) is 16.8 Å². The Labute approximate surface area is 163 Å². The first-order chi connectivity index (χ1) is 13.3. The van der Waals surface area contributed by atoms with E-state index in [1.807, 2.05) is 13.8 Å². The van der Waals surface area contributed by atoms with Crippen LogP contribution in [0.5, 0.6) is 17.2 Å². The lowest BCUT2D eigenvalue weighted by atomic mass is 10.1. The predicted molar refractivity (Wildman–Crippen MR) is 107 cm³/mol. The number of ether oxygens (including phenoxy) is 3. The molecule has 0 atom stereocenters. The molecule has 4 N–H and O–H groups in total. The van der Waals surface area contributed by atoms with Crippen LogP contribution in [-0.2, 0) is 0 Å². The normalized spacial score (nSPS) is 10.9. The summed E-state index contributed by atoms with van der Waals surface area (Å²) in [7, 11) is 4.56. The molecule has 28 heavy (non-hydrogen) atoms. The van der Waals surface area contributed by atoms with E-state index in [-0.39, 0.29) is 17.7 Å². The van der Waals surface area contributed by atoms with Crippen LogP contribution in [-0.4, -0.2) is 43.9 Å². The zero-order valence-corrected chi connectivity index (χ0v) is 16.6. The van der Waals surface area contributed by atoms with E-state index in [1.54, 1.807) is 28.8 Å². The summed E-state index contributed by atoms with van der Waals surface area (Å²) in [4.78, 5) is 12.8. The first-order valence-electron chi connectivity index (χ1n) is 8.54. The van der Waals surface area contributed by atoms with Gasteiger partial charge in [0.25, 0.3) is 0 Å². The smallest absolute Gasteiger partial charge is 0.206 e. The second kappa shape index (κ2) is 8.94. The summed E-state index contributed by atoms with van der Waals surface area (Å²) in [6.45, 7) is 3.66. The number of nitrogens with one attached hydrogen (secondary N) is 2. The Morgan fingerprint density at radius 2 is 1.82 bits per heavy atom. The van der Waals surface area contributed by atoms with Crippen molar-refractivity contribution in [3.63, 3.8) is 0 Å². The maximum atomic E-state index is 12.8. The molecule has 0 amide bonds. The zero-order valence-electron chi connectivity index (χ0n) is 16.6. The highest BCUT2D eigenvalue weighted by molar-refractivity contribution is 5.98. The zero-order chi connectivity index (χ0) is 20.8. The summed E-state index contributed by atoms with van der Waals surface area (Å²) in [5, 5.41) is 11.1. The molecular formula is C19H25N5O4. The van der Waals surface area contributed by atoms with Crippen molar-refractivity contribution in [2.75, 3.05) is 21.3 Å². The third-order valence-corrected chi connectivity index (χ3v) is 3.99. The Morgan fingerprint density at radius 3 is 2.36 bits per heavy atom. The fourth-order valence-corrected chi connectivity index (χ4v) is 2.74. The lowest BCUT2D eigenvalue weighted by Gasteiger charge is -2.19. The fraction of sp³-hybridized carbons (Fsp3) is 0.316. The molecule has 9 heteroatoms. The number of Topliss-reactive ketones (excluding diaryl/α,β-unsaturated/α-hetero) is 1. The number of rotatable bonds is 8. The number of guanidine groups is 1. The highest BCUT2D eigenvalue weighted by Gasteiger charge is 2.23. The van der Waals surface area contributed by atoms with E-state index in [0.717, 1.165) is 0 Å². The van der Waals surface area contributed by atoms with Crippen molar-refractivity contribution in [1.82, 2.24) is 9.99 Å². The largest absolute Gasteiger partial charge is 0.493 e. The molecule has 0 saturated carbocycles. The number of hydrogen-bond donors (Lipinski definition) is 3. The maximum absolute atomic E-state index is 12.8. The standard InChI is InChI=1S/C19H25N5O4/c1-11(2)16(25)13-7-6-12(10-22-23-19(20)21)24(13)14-8-9-15(26-3)18(28-5)17(14)27-4/h6-11H,1-5H3,(H4,20,21,23)/b22-10+. The molecule has 1 aromatic carbocycles. The van der Waals surface area contributed by atoms with Gasteiger partial charge >= 0.3 is 0 Å². The highest BCUT2D eigenvalue weighted by Crippen LogP contribution is 2.42. The van der Waals surface area contributed by atoms with Crippen LogP contribution in [0.1, 0.15) is 30.0 Å². The second-order valence-electron chi connectivity index (χ2n) is 6.13. The molecule has 1 aromatic heterocycles. The Hall–Kier alpha value is -3.49. The molecule has 1 heterocycles. The van der Waals surface area contributed by atoms with E-state index < -0.39 is 0 Å². The molecule has 0 fully saturated rings. The number of carbonyl (C=O) groups is 1. The van der Waals surface area contributed by atoms with Crippen LogP contribution >= 0.6 is 0 Å². The Kier molecular flexibility index (Phi) is 6.64. The molecule has 0 unspecified atom stereocenters. The van der Waals surface area contributed by atoms with E-state index in [1.165, 1.54) is 27.5 Å². The van der Waals surface area contributed by atoms with Crippen molar-refractivity contribution in [2.45, 2.75) is 13.8 Å². The third kappa shape index (κ3) is 4.08. The monoisotopic (exact) mass is 387 g/mol. The lowest BCUT2D eigenvalue weighted by Crippen LogP contribution is -2.25. The number of carbonyl (C=O) groups excluding carboxylic acids is 1. The van der Waals surface area contributed by atoms with E-state index >= 15 is 0 Å². The lowest BCUT2D eigenvalue weighted by molar-refractivity contribution is 0.0932. The van der Waals surface area contributed by atoms with Crippen molar-refractivity contribution in [1.29, 1.82) is 5.41 Å². The van der Waals surface area contributed by atoms with Crippen molar-refractivity contribution in [3.05, 3.63) is 35.7 Å². The van der Waals surface area contributed by atoms with Gasteiger partial charge in [0.05, 0.1) is 44.6 Å². The number of hydrogen-bond acceptors (Lipinski definition) is 6. The topological polar surface area (TPSA) is 124 Å². The third-order valence-electron chi connectivity index (χ3n) is 3.99. The van der Waals surface area contributed by atoms with Gasteiger partial charge in [0.15, 0.2) is 17.3 Å². The molecule has 0 aliphatic carbocycles. The van der Waals surface area contributed by atoms with Gasteiger partial charge < -0.3 is 24.5 Å². The number of nitrogens with zero attached hydrogens (tertiary/aromatic N) is 2. The fourth-order valence-electron chi connectivity index (χ4n) is 2.74. The van der Waals surface area contributed by atoms with Gasteiger partial charge in [-0.2, -0.15) is 5.10 Å². The van der Waals surface area contributed by atoms with Gasteiger partial charge in [0, 0.05) is 5.92 Å². The molecule has 0 bridgehead atoms. The number of ketones is 1. The van der Waals surface area contributed by atoms with Crippen molar-refractivity contribution in [3.8, 4) is 22.9 Å². The molecule has 150 valence electrons. The van der Waals surface area contributed by atoms with Crippen molar-refractivity contribution < 1.29 is 19.0 Å². The Morgan fingerprint density at radius 1 is 1.14 bits per heavy atom. The molecule has 2 rings (SSSR count). The van der Waals surface area contributed by atoms with Gasteiger partial charge in [0.2, 0.25) is 11.7 Å². The SMILES string of the molecule is COc1ccc(-n2c(/C=N/NC(=N)N)ccc2C(=O)C(C)C)c(OC)c1OC. The number of hydrazone groups is 1. The summed E-state index contributed by atoms with van der Waals surface area (Å²) in [6, 6.07) is 6.97. The first kappa shape index (κ1) is 20.8. The van der Waals surface area contributed by atoms with Gasteiger partial charge in [0.1, 0.15) is 0 Å². The number of aromatic nitrogens is 1. The summed E-state index contributed by atoms with van der Waals surface area (Å²) < 4.78 is 18.1. The van der Waals surface area contributed by atoms with Crippen molar-refractivity contribution >= 4 is 18.0 Å². The van der Waals surface area contributed by atoms with Gasteiger partial charge in [-0.15, -0.1) is 0 Å². The molecule has 0 aliphatic rings.